The summed E-state index contributed by atoms with van der Waals surface area (Å²) in [6.45, 7) is 4.30. The zero-order valence-electron chi connectivity index (χ0n) is 17.2. The van der Waals surface area contributed by atoms with Crippen molar-refractivity contribution in [3.8, 4) is 17.2 Å². The maximum atomic E-state index is 12.5. The molecular weight excluding hydrogens is 424 g/mol. The summed E-state index contributed by atoms with van der Waals surface area (Å²) >= 11 is 7.40. The zero-order chi connectivity index (χ0) is 21.7. The molecule has 1 heterocycles. The minimum Gasteiger partial charge on any atom is -0.495 e. The van der Waals surface area contributed by atoms with Crippen LogP contribution in [0.5, 0.6) is 11.5 Å². The van der Waals surface area contributed by atoms with E-state index in [1.165, 1.54) is 31.5 Å². The number of hydrogen-bond acceptors (Lipinski definition) is 6. The average Bonchev–Trinajstić information content (AvgIpc) is 3.21. The number of ether oxygens (including phenoxy) is 2. The van der Waals surface area contributed by atoms with Crippen molar-refractivity contribution >= 4 is 35.0 Å². The number of methoxy groups -OCH3 is 2. The standard InChI is InChI=1S/C21H23ClN4O3S/c1-13(2)14-5-7-15(8-6-14)26-12-23-25-21(26)30-11-20(27)24-17-10-18(28-3)16(22)9-19(17)29-4/h5-10,12-13H,11H2,1-4H3,(H,24,27). The van der Waals surface area contributed by atoms with Crippen molar-refractivity contribution in [2.24, 2.45) is 0 Å². The van der Waals surface area contributed by atoms with E-state index < -0.39 is 0 Å². The Morgan fingerprint density at radius 1 is 1.17 bits per heavy atom. The van der Waals surface area contributed by atoms with Crippen molar-refractivity contribution < 1.29 is 14.3 Å². The minimum absolute atomic E-state index is 0.150. The number of anilines is 1. The molecule has 0 saturated heterocycles. The molecule has 0 radical (unpaired) electrons. The van der Waals surface area contributed by atoms with Gasteiger partial charge in [0, 0.05) is 17.8 Å². The van der Waals surface area contributed by atoms with Crippen LogP contribution in [0.4, 0.5) is 5.69 Å². The summed E-state index contributed by atoms with van der Waals surface area (Å²) in [6, 6.07) is 11.4. The highest BCUT2D eigenvalue weighted by Crippen LogP contribution is 2.36. The summed E-state index contributed by atoms with van der Waals surface area (Å²) in [5.74, 6) is 1.29. The number of carbonyl (C=O) groups excluding carboxylic acids is 1. The summed E-state index contributed by atoms with van der Waals surface area (Å²) in [5, 5.41) is 12.0. The van der Waals surface area contributed by atoms with Gasteiger partial charge in [-0.25, -0.2) is 0 Å². The molecule has 2 aromatic carbocycles. The number of nitrogens with zero attached hydrogens (tertiary/aromatic N) is 3. The van der Waals surface area contributed by atoms with Crippen molar-refractivity contribution in [1.29, 1.82) is 0 Å². The molecule has 0 aliphatic heterocycles. The smallest absolute Gasteiger partial charge is 0.234 e. The summed E-state index contributed by atoms with van der Waals surface area (Å²) in [7, 11) is 3.02. The van der Waals surface area contributed by atoms with E-state index in [1.54, 1.807) is 18.5 Å². The molecule has 0 spiro atoms. The topological polar surface area (TPSA) is 78.3 Å². The van der Waals surface area contributed by atoms with Gasteiger partial charge < -0.3 is 14.8 Å². The maximum absolute atomic E-state index is 12.5. The predicted octanol–water partition coefficient (Wildman–Crippen LogP) is 4.79. The number of hydrogen-bond donors (Lipinski definition) is 1. The van der Waals surface area contributed by atoms with Crippen LogP contribution in [0.3, 0.4) is 0 Å². The van der Waals surface area contributed by atoms with Gasteiger partial charge in [0.15, 0.2) is 5.16 Å². The quantitative estimate of drug-likeness (QED) is 0.501. The van der Waals surface area contributed by atoms with Gasteiger partial charge in [0.2, 0.25) is 5.91 Å². The van der Waals surface area contributed by atoms with Crippen LogP contribution in [0.2, 0.25) is 5.02 Å². The van der Waals surface area contributed by atoms with Gasteiger partial charge in [-0.2, -0.15) is 0 Å². The zero-order valence-corrected chi connectivity index (χ0v) is 18.8. The van der Waals surface area contributed by atoms with E-state index in [1.807, 2.05) is 16.7 Å². The first-order chi connectivity index (χ1) is 14.4. The van der Waals surface area contributed by atoms with Crippen LogP contribution >= 0.6 is 23.4 Å². The van der Waals surface area contributed by atoms with Gasteiger partial charge >= 0.3 is 0 Å². The highest BCUT2D eigenvalue weighted by atomic mass is 35.5. The first-order valence-electron chi connectivity index (χ1n) is 9.27. The second-order valence-electron chi connectivity index (χ2n) is 6.75. The van der Waals surface area contributed by atoms with Gasteiger partial charge in [0.25, 0.3) is 0 Å². The predicted molar refractivity (Wildman–Crippen MR) is 119 cm³/mol. The number of amides is 1. The van der Waals surface area contributed by atoms with Crippen molar-refractivity contribution in [2.45, 2.75) is 24.9 Å². The Labute approximate surface area is 184 Å². The monoisotopic (exact) mass is 446 g/mol. The lowest BCUT2D eigenvalue weighted by Crippen LogP contribution is -2.15. The molecule has 158 valence electrons. The van der Waals surface area contributed by atoms with Crippen molar-refractivity contribution in [3.05, 3.63) is 53.3 Å². The van der Waals surface area contributed by atoms with E-state index in [4.69, 9.17) is 21.1 Å². The third-order valence-electron chi connectivity index (χ3n) is 4.43. The molecule has 3 aromatic rings. The fourth-order valence-corrected chi connectivity index (χ4v) is 3.75. The Bertz CT molecular complexity index is 1020. The highest BCUT2D eigenvalue weighted by molar-refractivity contribution is 7.99. The molecule has 0 fully saturated rings. The van der Waals surface area contributed by atoms with Crippen LogP contribution in [0.1, 0.15) is 25.3 Å². The van der Waals surface area contributed by atoms with Crippen LogP contribution in [-0.2, 0) is 4.79 Å². The van der Waals surface area contributed by atoms with Crippen LogP contribution in [0.15, 0.2) is 47.9 Å². The molecule has 1 aromatic heterocycles. The number of carbonyl (C=O) groups is 1. The molecular formula is C21H23ClN4O3S. The molecule has 7 nitrogen and oxygen atoms in total. The molecule has 0 atom stereocenters. The van der Waals surface area contributed by atoms with Crippen LogP contribution in [0, 0.1) is 0 Å². The number of thioether (sulfide) groups is 1. The molecule has 0 aliphatic rings. The fraction of sp³-hybridized carbons (Fsp3) is 0.286. The lowest BCUT2D eigenvalue weighted by atomic mass is 10.0. The van der Waals surface area contributed by atoms with Crippen LogP contribution in [-0.4, -0.2) is 40.6 Å². The van der Waals surface area contributed by atoms with Crippen molar-refractivity contribution in [3.63, 3.8) is 0 Å². The molecule has 0 bridgehead atoms. The van der Waals surface area contributed by atoms with E-state index in [-0.39, 0.29) is 11.7 Å². The van der Waals surface area contributed by atoms with Crippen molar-refractivity contribution in [1.82, 2.24) is 14.8 Å². The van der Waals surface area contributed by atoms with E-state index >= 15 is 0 Å². The van der Waals surface area contributed by atoms with Gasteiger partial charge in [-0.15, -0.1) is 10.2 Å². The Morgan fingerprint density at radius 3 is 2.50 bits per heavy atom. The third-order valence-corrected chi connectivity index (χ3v) is 5.67. The first kappa shape index (κ1) is 22.0. The summed E-state index contributed by atoms with van der Waals surface area (Å²) in [5.41, 5.74) is 2.68. The molecule has 0 saturated carbocycles. The van der Waals surface area contributed by atoms with E-state index in [9.17, 15) is 4.79 Å². The van der Waals surface area contributed by atoms with Gasteiger partial charge in [-0.1, -0.05) is 49.3 Å². The Balaban J connectivity index is 1.69. The fourth-order valence-electron chi connectivity index (χ4n) is 2.79. The number of nitrogens with one attached hydrogen (secondary N) is 1. The largest absolute Gasteiger partial charge is 0.495 e. The normalized spacial score (nSPS) is 10.9. The van der Waals surface area contributed by atoms with E-state index in [0.717, 1.165) is 5.69 Å². The summed E-state index contributed by atoms with van der Waals surface area (Å²) < 4.78 is 12.4. The molecule has 1 N–H and O–H groups in total. The average molecular weight is 447 g/mol. The molecule has 0 aliphatic carbocycles. The third kappa shape index (κ3) is 5.06. The lowest BCUT2D eigenvalue weighted by Gasteiger charge is -2.13. The number of benzene rings is 2. The Morgan fingerprint density at radius 2 is 1.87 bits per heavy atom. The highest BCUT2D eigenvalue weighted by Gasteiger charge is 2.15. The van der Waals surface area contributed by atoms with E-state index in [0.29, 0.717) is 33.3 Å². The first-order valence-corrected chi connectivity index (χ1v) is 10.6. The van der Waals surface area contributed by atoms with Gasteiger partial charge in [-0.3, -0.25) is 9.36 Å². The van der Waals surface area contributed by atoms with Gasteiger partial charge in [0.1, 0.15) is 17.8 Å². The Kier molecular flexibility index (Phi) is 7.23. The van der Waals surface area contributed by atoms with Crippen LogP contribution < -0.4 is 14.8 Å². The lowest BCUT2D eigenvalue weighted by molar-refractivity contribution is -0.113. The summed E-state index contributed by atoms with van der Waals surface area (Å²) in [6.07, 6.45) is 1.64. The second-order valence-corrected chi connectivity index (χ2v) is 8.10. The van der Waals surface area contributed by atoms with Crippen LogP contribution in [0.25, 0.3) is 5.69 Å². The minimum atomic E-state index is -0.215. The maximum Gasteiger partial charge on any atom is 0.234 e. The number of rotatable bonds is 8. The van der Waals surface area contributed by atoms with E-state index in [2.05, 4.69) is 41.5 Å². The SMILES string of the molecule is COc1cc(NC(=O)CSc2nncn2-c2ccc(C(C)C)cc2)c(OC)cc1Cl. The molecule has 3 rings (SSSR count). The van der Waals surface area contributed by atoms with Crippen molar-refractivity contribution in [2.75, 3.05) is 25.3 Å². The van der Waals surface area contributed by atoms with Gasteiger partial charge in [0.05, 0.1) is 30.7 Å². The molecule has 1 amide bonds. The molecule has 9 heteroatoms. The molecule has 30 heavy (non-hydrogen) atoms. The second kappa shape index (κ2) is 9.86. The summed E-state index contributed by atoms with van der Waals surface area (Å²) in [4.78, 5) is 12.5. The van der Waals surface area contributed by atoms with Gasteiger partial charge in [-0.05, 0) is 23.6 Å². The Hall–Kier alpha value is -2.71. The number of halogens is 1. The molecule has 0 unspecified atom stereocenters. The number of aromatic nitrogens is 3.